The van der Waals surface area contributed by atoms with Crippen molar-refractivity contribution in [1.82, 2.24) is 15.0 Å². The van der Waals surface area contributed by atoms with E-state index in [2.05, 4.69) is 10.1 Å². The lowest BCUT2D eigenvalue weighted by atomic mass is 10.1. The number of hydrogen-bond donors (Lipinski definition) is 0. The minimum atomic E-state index is -0.00586. The van der Waals surface area contributed by atoms with Crippen molar-refractivity contribution in [2.75, 3.05) is 6.54 Å². The van der Waals surface area contributed by atoms with Crippen molar-refractivity contribution in [2.24, 2.45) is 0 Å². The van der Waals surface area contributed by atoms with Crippen LogP contribution in [0.2, 0.25) is 0 Å². The molecule has 5 nitrogen and oxygen atoms in total. The van der Waals surface area contributed by atoms with Crippen LogP contribution in [0.25, 0.3) is 10.7 Å². The molecule has 0 saturated carbocycles. The number of likely N-dealkylation sites (tertiary alicyclic amines) is 1. The maximum atomic E-state index is 12.2. The van der Waals surface area contributed by atoms with Crippen LogP contribution in [0.15, 0.2) is 39.5 Å². The van der Waals surface area contributed by atoms with Gasteiger partial charge in [-0.3, -0.25) is 4.79 Å². The Balaban J connectivity index is 1.49. The third kappa shape index (κ3) is 2.57. The van der Waals surface area contributed by atoms with Crippen molar-refractivity contribution < 1.29 is 9.32 Å². The van der Waals surface area contributed by atoms with E-state index in [1.165, 1.54) is 4.88 Å². The van der Waals surface area contributed by atoms with E-state index in [1.54, 1.807) is 22.7 Å². The van der Waals surface area contributed by atoms with E-state index >= 15 is 0 Å². The Kier molecular flexibility index (Phi) is 3.51. The number of aromatic nitrogens is 2. The summed E-state index contributed by atoms with van der Waals surface area (Å²) in [5, 5.41) is 8.03. The summed E-state index contributed by atoms with van der Waals surface area (Å²) in [7, 11) is 0. The normalized spacial score (nSPS) is 18.3. The standard InChI is InChI=1S/C15H13N3O2S2/c19-13-7-10(8-18(13)9-11-3-1-5-21-11)15-16-14(17-20-15)12-4-2-6-22-12/h1-6,10H,7-9H2/t10-/m1/s1. The number of hydrogen-bond acceptors (Lipinski definition) is 6. The zero-order chi connectivity index (χ0) is 14.9. The largest absolute Gasteiger partial charge is 0.339 e. The SMILES string of the molecule is O=C1C[C@@H](c2nc(-c3cccs3)no2)CN1Cc1cccs1. The fraction of sp³-hybridized carbons (Fsp3) is 0.267. The van der Waals surface area contributed by atoms with Gasteiger partial charge in [0.05, 0.1) is 17.3 Å². The quantitative estimate of drug-likeness (QED) is 0.735. The van der Waals surface area contributed by atoms with Gasteiger partial charge in [-0.15, -0.1) is 22.7 Å². The van der Waals surface area contributed by atoms with E-state index in [9.17, 15) is 4.79 Å². The van der Waals surface area contributed by atoms with Crippen LogP contribution < -0.4 is 0 Å². The molecular weight excluding hydrogens is 318 g/mol. The van der Waals surface area contributed by atoms with Crippen LogP contribution in [0.4, 0.5) is 0 Å². The zero-order valence-electron chi connectivity index (χ0n) is 11.6. The van der Waals surface area contributed by atoms with Gasteiger partial charge in [0.15, 0.2) is 0 Å². The van der Waals surface area contributed by atoms with Gasteiger partial charge in [-0.25, -0.2) is 0 Å². The Hall–Kier alpha value is -1.99. The Morgan fingerprint density at radius 2 is 2.14 bits per heavy atom. The van der Waals surface area contributed by atoms with Gasteiger partial charge in [0.25, 0.3) is 0 Å². The number of thiophene rings is 2. The lowest BCUT2D eigenvalue weighted by molar-refractivity contribution is -0.128. The molecule has 0 N–H and O–H groups in total. The van der Waals surface area contributed by atoms with E-state index in [0.717, 1.165) is 4.88 Å². The number of carbonyl (C=O) groups excluding carboxylic acids is 1. The summed E-state index contributed by atoms with van der Waals surface area (Å²) in [5.41, 5.74) is 0. The van der Waals surface area contributed by atoms with Crippen LogP contribution in [0.5, 0.6) is 0 Å². The smallest absolute Gasteiger partial charge is 0.232 e. The predicted octanol–water partition coefficient (Wildman–Crippen LogP) is 3.38. The molecule has 1 amide bonds. The third-order valence-corrected chi connectivity index (χ3v) is 5.40. The van der Waals surface area contributed by atoms with Gasteiger partial charge in [0.2, 0.25) is 17.6 Å². The molecule has 7 heteroatoms. The molecule has 1 aliphatic rings. The number of carbonyl (C=O) groups is 1. The molecule has 0 spiro atoms. The van der Waals surface area contributed by atoms with E-state index < -0.39 is 0 Å². The van der Waals surface area contributed by atoms with Crippen molar-refractivity contribution in [2.45, 2.75) is 18.9 Å². The van der Waals surface area contributed by atoms with Crippen molar-refractivity contribution in [3.8, 4) is 10.7 Å². The van der Waals surface area contributed by atoms with Gasteiger partial charge in [0.1, 0.15) is 0 Å². The number of amides is 1. The highest BCUT2D eigenvalue weighted by Crippen LogP contribution is 2.30. The average Bonchev–Trinajstić information content (AvgIpc) is 3.27. The van der Waals surface area contributed by atoms with Gasteiger partial charge in [-0.2, -0.15) is 4.98 Å². The van der Waals surface area contributed by atoms with Crippen molar-refractivity contribution >= 4 is 28.6 Å². The van der Waals surface area contributed by atoms with E-state index in [0.29, 0.717) is 31.2 Å². The minimum Gasteiger partial charge on any atom is -0.339 e. The summed E-state index contributed by atoms with van der Waals surface area (Å²) in [5.74, 6) is 1.31. The fourth-order valence-corrected chi connectivity index (χ4v) is 3.96. The minimum absolute atomic E-state index is 0.00586. The van der Waals surface area contributed by atoms with Crippen molar-refractivity contribution in [3.05, 3.63) is 45.8 Å². The third-order valence-electron chi connectivity index (χ3n) is 3.67. The lowest BCUT2D eigenvalue weighted by Crippen LogP contribution is -2.23. The average molecular weight is 331 g/mol. The zero-order valence-corrected chi connectivity index (χ0v) is 13.3. The first kappa shape index (κ1) is 13.7. The van der Waals surface area contributed by atoms with Crippen LogP contribution in [0, 0.1) is 0 Å². The summed E-state index contributed by atoms with van der Waals surface area (Å²) in [6, 6.07) is 7.97. The van der Waals surface area contributed by atoms with E-state index in [4.69, 9.17) is 4.52 Å². The second kappa shape index (κ2) is 5.66. The second-order valence-electron chi connectivity index (χ2n) is 5.19. The maximum Gasteiger partial charge on any atom is 0.232 e. The van der Waals surface area contributed by atoms with Gasteiger partial charge in [0, 0.05) is 17.8 Å². The van der Waals surface area contributed by atoms with Crippen LogP contribution in [-0.2, 0) is 11.3 Å². The van der Waals surface area contributed by atoms with Crippen LogP contribution in [-0.4, -0.2) is 27.5 Å². The molecule has 0 bridgehead atoms. The maximum absolute atomic E-state index is 12.2. The molecule has 22 heavy (non-hydrogen) atoms. The Bertz CT molecular complexity index is 765. The van der Waals surface area contributed by atoms with E-state index in [1.807, 2.05) is 39.9 Å². The summed E-state index contributed by atoms with van der Waals surface area (Å²) < 4.78 is 5.37. The first-order chi connectivity index (χ1) is 10.8. The van der Waals surface area contributed by atoms with Gasteiger partial charge < -0.3 is 9.42 Å². The van der Waals surface area contributed by atoms with Crippen LogP contribution >= 0.6 is 22.7 Å². The first-order valence-electron chi connectivity index (χ1n) is 6.97. The molecule has 0 aliphatic carbocycles. The van der Waals surface area contributed by atoms with Gasteiger partial charge in [-0.1, -0.05) is 17.3 Å². The molecule has 3 aromatic heterocycles. The molecule has 0 unspecified atom stereocenters. The highest BCUT2D eigenvalue weighted by molar-refractivity contribution is 7.13. The highest BCUT2D eigenvalue weighted by Gasteiger charge is 2.34. The highest BCUT2D eigenvalue weighted by atomic mass is 32.1. The molecule has 0 aromatic carbocycles. The van der Waals surface area contributed by atoms with E-state index in [-0.39, 0.29) is 11.8 Å². The lowest BCUT2D eigenvalue weighted by Gasteiger charge is -2.14. The molecule has 1 saturated heterocycles. The Labute approximate surface area is 135 Å². The molecule has 1 atom stereocenters. The molecule has 1 fully saturated rings. The van der Waals surface area contributed by atoms with Crippen molar-refractivity contribution in [1.29, 1.82) is 0 Å². The summed E-state index contributed by atoms with van der Waals surface area (Å²) in [6.45, 7) is 1.31. The molecular formula is C15H13N3O2S2. The summed E-state index contributed by atoms with van der Waals surface area (Å²) in [4.78, 5) is 20.7. The Morgan fingerprint density at radius 3 is 2.91 bits per heavy atom. The first-order valence-corrected chi connectivity index (χ1v) is 8.73. The van der Waals surface area contributed by atoms with Crippen LogP contribution in [0.3, 0.4) is 0 Å². The number of rotatable bonds is 4. The molecule has 4 rings (SSSR count). The monoisotopic (exact) mass is 331 g/mol. The van der Waals surface area contributed by atoms with Crippen molar-refractivity contribution in [3.63, 3.8) is 0 Å². The predicted molar refractivity (Wildman–Crippen MR) is 84.7 cm³/mol. The fourth-order valence-electron chi connectivity index (χ4n) is 2.59. The molecule has 112 valence electrons. The molecule has 1 aliphatic heterocycles. The van der Waals surface area contributed by atoms with Crippen LogP contribution in [0.1, 0.15) is 23.1 Å². The Morgan fingerprint density at radius 1 is 1.27 bits per heavy atom. The molecule has 4 heterocycles. The topological polar surface area (TPSA) is 59.2 Å². The second-order valence-corrected chi connectivity index (χ2v) is 7.17. The van der Waals surface area contributed by atoms with Gasteiger partial charge in [-0.05, 0) is 22.9 Å². The molecule has 3 aromatic rings. The number of nitrogens with zero attached hydrogens (tertiary/aromatic N) is 3. The summed E-state index contributed by atoms with van der Waals surface area (Å²) >= 11 is 3.24. The summed E-state index contributed by atoms with van der Waals surface area (Å²) in [6.07, 6.45) is 0.442. The molecule has 0 radical (unpaired) electrons. The van der Waals surface area contributed by atoms with Gasteiger partial charge >= 0.3 is 0 Å².